The third-order valence-corrected chi connectivity index (χ3v) is 4.69. The molecule has 1 saturated heterocycles. The molecule has 4 rings (SSSR count). The van der Waals surface area contributed by atoms with Crippen molar-refractivity contribution in [3.63, 3.8) is 0 Å². The summed E-state index contributed by atoms with van der Waals surface area (Å²) in [5.74, 6) is 1.67. The molecule has 1 aliphatic rings. The second kappa shape index (κ2) is 7.58. The van der Waals surface area contributed by atoms with Gasteiger partial charge in [0.05, 0.1) is 12.8 Å². The van der Waals surface area contributed by atoms with Crippen LogP contribution < -0.4 is 10.6 Å². The second-order valence-corrected chi connectivity index (χ2v) is 6.56. The van der Waals surface area contributed by atoms with Crippen LogP contribution in [0.1, 0.15) is 28.0 Å². The van der Waals surface area contributed by atoms with Crippen LogP contribution in [0.2, 0.25) is 0 Å². The summed E-state index contributed by atoms with van der Waals surface area (Å²) in [6.07, 6.45) is 3.66. The van der Waals surface area contributed by atoms with Gasteiger partial charge in [-0.25, -0.2) is 0 Å². The zero-order chi connectivity index (χ0) is 17.8. The summed E-state index contributed by atoms with van der Waals surface area (Å²) < 4.78 is 10.5. The van der Waals surface area contributed by atoms with Crippen LogP contribution in [0.4, 0.5) is 0 Å². The van der Waals surface area contributed by atoms with E-state index >= 15 is 0 Å². The highest BCUT2D eigenvalue weighted by molar-refractivity contribution is 5.95. The van der Waals surface area contributed by atoms with Crippen molar-refractivity contribution in [2.45, 2.75) is 19.4 Å². The first-order chi connectivity index (χ1) is 12.8. The van der Waals surface area contributed by atoms with Crippen LogP contribution in [0.15, 0.2) is 57.7 Å². The molecule has 0 spiro atoms. The number of hydrogen-bond acceptors (Lipinski definition) is 5. The summed E-state index contributed by atoms with van der Waals surface area (Å²) in [4.78, 5) is 12.6. The SMILES string of the molecule is O=C(NCc1cc(-c2ccco2)on1)c1ccccc1CC1CCNC1. The number of hydrogen-bond donors (Lipinski definition) is 2. The standard InChI is InChI=1S/C20H21N3O3/c24-20(17-5-2-1-4-15(17)10-14-7-8-21-12-14)22-13-16-11-19(26-23-16)18-6-3-9-25-18/h1-6,9,11,14,21H,7-8,10,12-13H2,(H,22,24). The Morgan fingerprint density at radius 1 is 1.23 bits per heavy atom. The molecule has 0 radical (unpaired) electrons. The number of nitrogens with one attached hydrogen (secondary N) is 2. The fourth-order valence-corrected chi connectivity index (χ4v) is 3.32. The molecule has 1 aromatic carbocycles. The van der Waals surface area contributed by atoms with Crippen molar-refractivity contribution in [1.29, 1.82) is 0 Å². The van der Waals surface area contributed by atoms with Gasteiger partial charge >= 0.3 is 0 Å². The minimum atomic E-state index is -0.0888. The lowest BCUT2D eigenvalue weighted by Gasteiger charge is -2.13. The maximum atomic E-state index is 12.6. The Bertz CT molecular complexity index is 864. The minimum Gasteiger partial charge on any atom is -0.461 e. The largest absolute Gasteiger partial charge is 0.461 e. The van der Waals surface area contributed by atoms with Crippen molar-refractivity contribution in [1.82, 2.24) is 15.8 Å². The third kappa shape index (κ3) is 3.70. The third-order valence-electron chi connectivity index (χ3n) is 4.69. The monoisotopic (exact) mass is 351 g/mol. The van der Waals surface area contributed by atoms with E-state index < -0.39 is 0 Å². The molecule has 134 valence electrons. The minimum absolute atomic E-state index is 0.0888. The number of carbonyl (C=O) groups is 1. The molecular formula is C20H21N3O3. The predicted molar refractivity (Wildman–Crippen MR) is 96.5 cm³/mol. The molecule has 1 unspecified atom stereocenters. The number of benzene rings is 1. The van der Waals surface area contributed by atoms with Gasteiger partial charge in [-0.3, -0.25) is 4.79 Å². The van der Waals surface area contributed by atoms with Crippen LogP contribution in [0.3, 0.4) is 0 Å². The number of nitrogens with zero attached hydrogens (tertiary/aromatic N) is 1. The van der Waals surface area contributed by atoms with E-state index in [-0.39, 0.29) is 5.91 Å². The molecule has 0 aliphatic carbocycles. The van der Waals surface area contributed by atoms with Gasteiger partial charge in [0.2, 0.25) is 5.76 Å². The van der Waals surface area contributed by atoms with E-state index in [1.54, 1.807) is 24.5 Å². The molecule has 6 heteroatoms. The highest BCUT2D eigenvalue weighted by Gasteiger charge is 2.19. The first kappa shape index (κ1) is 16.6. The van der Waals surface area contributed by atoms with Gasteiger partial charge in [-0.05, 0) is 55.6 Å². The van der Waals surface area contributed by atoms with Crippen LogP contribution in [0, 0.1) is 5.92 Å². The molecule has 1 fully saturated rings. The van der Waals surface area contributed by atoms with Gasteiger partial charge in [0, 0.05) is 11.6 Å². The van der Waals surface area contributed by atoms with E-state index in [1.165, 1.54) is 0 Å². The topological polar surface area (TPSA) is 80.3 Å². The molecule has 2 aromatic heterocycles. The molecule has 1 atom stereocenters. The molecule has 3 aromatic rings. The number of rotatable bonds is 6. The molecule has 0 bridgehead atoms. The van der Waals surface area contributed by atoms with E-state index in [2.05, 4.69) is 15.8 Å². The van der Waals surface area contributed by atoms with Crippen LogP contribution in [-0.4, -0.2) is 24.2 Å². The number of carbonyl (C=O) groups excluding carboxylic acids is 1. The zero-order valence-electron chi connectivity index (χ0n) is 14.4. The first-order valence-corrected chi connectivity index (χ1v) is 8.86. The Hall–Kier alpha value is -2.86. The maximum absolute atomic E-state index is 12.6. The van der Waals surface area contributed by atoms with Crippen molar-refractivity contribution in [3.05, 3.63) is 65.5 Å². The fraction of sp³-hybridized carbons (Fsp3) is 0.300. The maximum Gasteiger partial charge on any atom is 0.251 e. The van der Waals surface area contributed by atoms with Gasteiger partial charge in [-0.2, -0.15) is 0 Å². The van der Waals surface area contributed by atoms with E-state index in [0.717, 1.165) is 37.1 Å². The van der Waals surface area contributed by atoms with Crippen molar-refractivity contribution in [2.75, 3.05) is 13.1 Å². The predicted octanol–water partition coefficient (Wildman–Crippen LogP) is 3.02. The zero-order valence-corrected chi connectivity index (χ0v) is 14.4. The Kier molecular flexibility index (Phi) is 4.84. The molecule has 1 amide bonds. The summed E-state index contributed by atoms with van der Waals surface area (Å²) in [7, 11) is 0. The van der Waals surface area contributed by atoms with E-state index in [1.807, 2.05) is 24.3 Å². The molecule has 0 saturated carbocycles. The molecule has 6 nitrogen and oxygen atoms in total. The summed E-state index contributed by atoms with van der Waals surface area (Å²) >= 11 is 0. The molecule has 1 aliphatic heterocycles. The Balaban J connectivity index is 1.40. The lowest BCUT2D eigenvalue weighted by molar-refractivity contribution is 0.0949. The number of amides is 1. The molecule has 3 heterocycles. The van der Waals surface area contributed by atoms with E-state index in [4.69, 9.17) is 8.94 Å². The summed E-state index contributed by atoms with van der Waals surface area (Å²) in [5, 5.41) is 10.3. The Morgan fingerprint density at radius 2 is 2.15 bits per heavy atom. The smallest absolute Gasteiger partial charge is 0.251 e. The Morgan fingerprint density at radius 3 is 2.96 bits per heavy atom. The van der Waals surface area contributed by atoms with Crippen molar-refractivity contribution in [2.24, 2.45) is 5.92 Å². The van der Waals surface area contributed by atoms with Gasteiger partial charge < -0.3 is 19.6 Å². The van der Waals surface area contributed by atoms with E-state index in [0.29, 0.717) is 29.7 Å². The van der Waals surface area contributed by atoms with Gasteiger partial charge in [-0.1, -0.05) is 23.4 Å². The lowest BCUT2D eigenvalue weighted by Crippen LogP contribution is -2.24. The number of furan rings is 1. The van der Waals surface area contributed by atoms with Crippen molar-refractivity contribution >= 4 is 5.91 Å². The molecule has 26 heavy (non-hydrogen) atoms. The molecular weight excluding hydrogens is 330 g/mol. The van der Waals surface area contributed by atoms with Crippen LogP contribution >= 0.6 is 0 Å². The second-order valence-electron chi connectivity index (χ2n) is 6.56. The van der Waals surface area contributed by atoms with Crippen LogP contribution in [-0.2, 0) is 13.0 Å². The molecule has 2 N–H and O–H groups in total. The summed E-state index contributed by atoms with van der Waals surface area (Å²) in [5.41, 5.74) is 2.48. The van der Waals surface area contributed by atoms with Crippen LogP contribution in [0.25, 0.3) is 11.5 Å². The highest BCUT2D eigenvalue weighted by atomic mass is 16.5. The quantitative estimate of drug-likeness (QED) is 0.713. The van der Waals surface area contributed by atoms with Crippen molar-refractivity contribution in [3.8, 4) is 11.5 Å². The lowest BCUT2D eigenvalue weighted by atomic mass is 9.94. The van der Waals surface area contributed by atoms with Gasteiger partial charge in [0.25, 0.3) is 5.91 Å². The van der Waals surface area contributed by atoms with Crippen molar-refractivity contribution < 1.29 is 13.7 Å². The van der Waals surface area contributed by atoms with E-state index in [9.17, 15) is 4.79 Å². The highest BCUT2D eigenvalue weighted by Crippen LogP contribution is 2.21. The number of aromatic nitrogens is 1. The average Bonchev–Trinajstić information content (AvgIpc) is 3.41. The summed E-state index contributed by atoms with van der Waals surface area (Å²) in [6.45, 7) is 2.38. The summed E-state index contributed by atoms with van der Waals surface area (Å²) in [6, 6.07) is 13.2. The first-order valence-electron chi connectivity index (χ1n) is 8.86. The van der Waals surface area contributed by atoms with Gasteiger partial charge in [0.15, 0.2) is 5.76 Å². The average molecular weight is 351 g/mol. The fourth-order valence-electron chi connectivity index (χ4n) is 3.32. The van der Waals surface area contributed by atoms with Gasteiger partial charge in [-0.15, -0.1) is 0 Å². The normalized spacial score (nSPS) is 16.7. The Labute approximate surface area is 151 Å². The van der Waals surface area contributed by atoms with Gasteiger partial charge in [0.1, 0.15) is 5.69 Å². The van der Waals surface area contributed by atoms with Crippen LogP contribution in [0.5, 0.6) is 0 Å².